The number of aliphatic hydroxyl groups is 1. The van der Waals surface area contributed by atoms with Gasteiger partial charge < -0.3 is 15.3 Å². The molecule has 2 heterocycles. The monoisotopic (exact) mass is 294 g/mol. The molecule has 4 heteroatoms. The van der Waals surface area contributed by atoms with Crippen molar-refractivity contribution < 1.29 is 9.90 Å². The molecule has 1 saturated carbocycles. The highest BCUT2D eigenvalue weighted by atomic mass is 16.3. The molecule has 120 valence electrons. The number of hydrogen-bond donors (Lipinski definition) is 2. The maximum absolute atomic E-state index is 12.6. The Labute approximate surface area is 128 Å². The van der Waals surface area contributed by atoms with Gasteiger partial charge in [-0.2, -0.15) is 0 Å². The summed E-state index contributed by atoms with van der Waals surface area (Å²) in [5.41, 5.74) is 0. The molecule has 2 saturated heterocycles. The summed E-state index contributed by atoms with van der Waals surface area (Å²) in [6, 6.07) is 1.62. The number of amides is 1. The molecule has 21 heavy (non-hydrogen) atoms. The number of rotatable bonds is 4. The Kier molecular flexibility index (Phi) is 4.85. The topological polar surface area (TPSA) is 52.6 Å². The normalized spacial score (nSPS) is 35.6. The number of fused-ring (bicyclic) bond motifs is 2. The third-order valence-electron chi connectivity index (χ3n) is 6.20. The van der Waals surface area contributed by atoms with Gasteiger partial charge in [-0.15, -0.1) is 0 Å². The molecule has 3 rings (SSSR count). The minimum absolute atomic E-state index is 0.00990. The zero-order chi connectivity index (χ0) is 14.8. The van der Waals surface area contributed by atoms with Gasteiger partial charge in [-0.05, 0) is 51.5 Å². The lowest BCUT2D eigenvalue weighted by atomic mass is 9.79. The molecule has 4 nitrogen and oxygen atoms in total. The van der Waals surface area contributed by atoms with Crippen molar-refractivity contribution in [2.75, 3.05) is 13.7 Å². The first-order chi connectivity index (χ1) is 10.2. The highest BCUT2D eigenvalue weighted by molar-refractivity contribution is 5.79. The summed E-state index contributed by atoms with van der Waals surface area (Å²) in [6.45, 7) is 0.00990. The van der Waals surface area contributed by atoms with Crippen molar-refractivity contribution in [3.05, 3.63) is 0 Å². The van der Waals surface area contributed by atoms with Gasteiger partial charge in [-0.1, -0.05) is 19.3 Å². The summed E-state index contributed by atoms with van der Waals surface area (Å²) in [7, 11) is 2.22. The fourth-order valence-corrected chi connectivity index (χ4v) is 4.82. The van der Waals surface area contributed by atoms with Crippen LogP contribution in [0.1, 0.15) is 57.8 Å². The first-order valence-electron chi connectivity index (χ1n) is 8.82. The molecule has 3 aliphatic rings. The fourth-order valence-electron chi connectivity index (χ4n) is 4.82. The van der Waals surface area contributed by atoms with Gasteiger partial charge in [0, 0.05) is 18.1 Å². The molecule has 0 radical (unpaired) electrons. The minimum Gasteiger partial charge on any atom is -0.396 e. The van der Waals surface area contributed by atoms with Gasteiger partial charge in [0.05, 0.1) is 12.5 Å². The second kappa shape index (κ2) is 6.66. The van der Waals surface area contributed by atoms with Gasteiger partial charge in [-0.25, -0.2) is 0 Å². The number of aliphatic hydroxyl groups excluding tert-OH is 1. The average Bonchev–Trinajstić information content (AvgIpc) is 2.72. The number of nitrogens with zero attached hydrogens (tertiary/aromatic N) is 1. The van der Waals surface area contributed by atoms with Gasteiger partial charge >= 0.3 is 0 Å². The summed E-state index contributed by atoms with van der Waals surface area (Å²) >= 11 is 0. The summed E-state index contributed by atoms with van der Waals surface area (Å²) in [5.74, 6) is 0.327. The van der Waals surface area contributed by atoms with E-state index < -0.39 is 0 Å². The predicted molar refractivity (Wildman–Crippen MR) is 82.9 cm³/mol. The molecule has 0 aromatic heterocycles. The highest BCUT2D eigenvalue weighted by Crippen LogP contribution is 2.35. The molecule has 0 aromatic carbocycles. The predicted octanol–water partition coefficient (Wildman–Crippen LogP) is 1.92. The van der Waals surface area contributed by atoms with Crippen LogP contribution in [0.25, 0.3) is 0 Å². The van der Waals surface area contributed by atoms with Gasteiger partial charge in [0.2, 0.25) is 5.91 Å². The zero-order valence-corrected chi connectivity index (χ0v) is 13.3. The number of piperidine rings is 1. The van der Waals surface area contributed by atoms with Crippen molar-refractivity contribution in [3.8, 4) is 0 Å². The Bertz CT molecular complexity index is 354. The second-order valence-corrected chi connectivity index (χ2v) is 7.41. The highest BCUT2D eigenvalue weighted by Gasteiger charge is 2.39. The first-order valence-corrected chi connectivity index (χ1v) is 8.82. The van der Waals surface area contributed by atoms with Crippen LogP contribution >= 0.6 is 0 Å². The summed E-state index contributed by atoms with van der Waals surface area (Å²) in [5, 5.41) is 12.9. The van der Waals surface area contributed by atoms with Gasteiger partial charge in [-0.3, -0.25) is 4.79 Å². The van der Waals surface area contributed by atoms with Gasteiger partial charge in [0.1, 0.15) is 0 Å². The second-order valence-electron chi connectivity index (χ2n) is 7.41. The lowest BCUT2D eigenvalue weighted by molar-refractivity contribution is -0.129. The molecule has 3 unspecified atom stereocenters. The number of nitrogens with one attached hydrogen (secondary N) is 1. The van der Waals surface area contributed by atoms with Crippen molar-refractivity contribution in [3.63, 3.8) is 0 Å². The van der Waals surface area contributed by atoms with E-state index in [-0.39, 0.29) is 18.4 Å². The Morgan fingerprint density at radius 2 is 1.76 bits per heavy atom. The molecular weight excluding hydrogens is 264 g/mol. The average molecular weight is 294 g/mol. The van der Waals surface area contributed by atoms with E-state index in [4.69, 9.17) is 0 Å². The van der Waals surface area contributed by atoms with Crippen LogP contribution in [0.15, 0.2) is 0 Å². The van der Waals surface area contributed by atoms with E-state index >= 15 is 0 Å². The van der Waals surface area contributed by atoms with Crippen LogP contribution in [0.2, 0.25) is 0 Å². The lowest BCUT2D eigenvalue weighted by Crippen LogP contribution is -2.51. The molecule has 2 aliphatic heterocycles. The SMILES string of the molecule is CN1C2CCC1CC(NC(=O)C(CO)C1CCCCC1)C2. The molecule has 2 N–H and O–H groups in total. The maximum Gasteiger partial charge on any atom is 0.225 e. The van der Waals surface area contributed by atoms with Gasteiger partial charge in [0.15, 0.2) is 0 Å². The van der Waals surface area contributed by atoms with Crippen molar-refractivity contribution in [1.29, 1.82) is 0 Å². The van der Waals surface area contributed by atoms with E-state index in [2.05, 4.69) is 17.3 Å². The largest absolute Gasteiger partial charge is 0.396 e. The Balaban J connectivity index is 1.55. The third-order valence-corrected chi connectivity index (χ3v) is 6.20. The van der Waals surface area contributed by atoms with Crippen LogP contribution in [-0.2, 0) is 4.79 Å². The quantitative estimate of drug-likeness (QED) is 0.833. The van der Waals surface area contributed by atoms with Crippen molar-refractivity contribution in [2.45, 2.75) is 75.9 Å². The van der Waals surface area contributed by atoms with E-state index in [0.717, 1.165) is 25.7 Å². The van der Waals surface area contributed by atoms with E-state index in [9.17, 15) is 9.90 Å². The molecule has 2 bridgehead atoms. The summed E-state index contributed by atoms with van der Waals surface area (Å²) < 4.78 is 0. The lowest BCUT2D eigenvalue weighted by Gasteiger charge is -2.37. The van der Waals surface area contributed by atoms with Crippen LogP contribution in [0, 0.1) is 11.8 Å². The first kappa shape index (κ1) is 15.3. The molecule has 1 aliphatic carbocycles. The Morgan fingerprint density at radius 3 is 2.33 bits per heavy atom. The van der Waals surface area contributed by atoms with E-state index in [1.807, 2.05) is 0 Å². The molecule has 3 fully saturated rings. The smallest absolute Gasteiger partial charge is 0.225 e. The Morgan fingerprint density at radius 1 is 1.14 bits per heavy atom. The zero-order valence-electron chi connectivity index (χ0n) is 13.3. The number of carbonyl (C=O) groups excluding carboxylic acids is 1. The van der Waals surface area contributed by atoms with E-state index in [1.54, 1.807) is 0 Å². The number of carbonyl (C=O) groups is 1. The van der Waals surface area contributed by atoms with Crippen LogP contribution in [0.4, 0.5) is 0 Å². The minimum atomic E-state index is -0.178. The fraction of sp³-hybridized carbons (Fsp3) is 0.941. The molecule has 0 spiro atoms. The maximum atomic E-state index is 12.6. The number of hydrogen-bond acceptors (Lipinski definition) is 3. The van der Waals surface area contributed by atoms with Crippen molar-refractivity contribution in [1.82, 2.24) is 10.2 Å². The summed E-state index contributed by atoms with van der Waals surface area (Å²) in [6.07, 6.45) is 10.7. The molecule has 0 aromatic rings. The molecule has 3 atom stereocenters. The summed E-state index contributed by atoms with van der Waals surface area (Å²) in [4.78, 5) is 15.1. The van der Waals surface area contributed by atoms with Crippen LogP contribution in [-0.4, -0.2) is 47.7 Å². The Hall–Kier alpha value is -0.610. The third kappa shape index (κ3) is 3.26. The standard InChI is InChI=1S/C17H30N2O2/c1-19-14-7-8-15(19)10-13(9-14)18-17(21)16(11-20)12-5-3-2-4-6-12/h12-16,20H,2-11H2,1H3,(H,18,21). The van der Waals surface area contributed by atoms with Crippen LogP contribution < -0.4 is 5.32 Å². The van der Waals surface area contributed by atoms with Crippen LogP contribution in [0.5, 0.6) is 0 Å². The van der Waals surface area contributed by atoms with E-state index in [0.29, 0.717) is 24.0 Å². The molecular formula is C17H30N2O2. The molecule has 1 amide bonds. The van der Waals surface area contributed by atoms with Crippen molar-refractivity contribution in [2.24, 2.45) is 11.8 Å². The van der Waals surface area contributed by atoms with E-state index in [1.165, 1.54) is 32.1 Å². The van der Waals surface area contributed by atoms with Crippen molar-refractivity contribution >= 4 is 5.91 Å². The van der Waals surface area contributed by atoms with Gasteiger partial charge in [0.25, 0.3) is 0 Å². The van der Waals surface area contributed by atoms with Crippen LogP contribution in [0.3, 0.4) is 0 Å².